The molecule has 18 heavy (non-hydrogen) atoms. The van der Waals surface area contributed by atoms with Crippen molar-refractivity contribution in [2.45, 2.75) is 23.0 Å². The molecule has 0 saturated carbocycles. The minimum atomic E-state index is -3.14. The lowest BCUT2D eigenvalue weighted by atomic mass is 10.0. The molecular weight excluding hydrogens is 244 g/mol. The van der Waals surface area contributed by atoms with Gasteiger partial charge < -0.3 is 0 Å². The number of benzene rings is 2. The van der Waals surface area contributed by atoms with Crippen molar-refractivity contribution in [1.82, 2.24) is 0 Å². The molecule has 1 unspecified atom stereocenters. The zero-order valence-electron chi connectivity index (χ0n) is 9.91. The van der Waals surface area contributed by atoms with Gasteiger partial charge in [-0.15, -0.1) is 0 Å². The van der Waals surface area contributed by atoms with E-state index in [-0.39, 0.29) is 5.25 Å². The third-order valence-electron chi connectivity index (χ3n) is 3.47. The maximum atomic E-state index is 12.4. The van der Waals surface area contributed by atoms with E-state index in [1.807, 2.05) is 42.5 Å². The Morgan fingerprint density at radius 1 is 0.944 bits per heavy atom. The quantitative estimate of drug-likeness (QED) is 0.830. The molecule has 3 heteroatoms. The third kappa shape index (κ3) is 1.85. The number of sulfone groups is 1. The Kier molecular flexibility index (Phi) is 2.71. The van der Waals surface area contributed by atoms with Gasteiger partial charge >= 0.3 is 0 Å². The van der Waals surface area contributed by atoms with Crippen LogP contribution in [0.15, 0.2) is 59.5 Å². The monoisotopic (exact) mass is 258 g/mol. The molecule has 0 spiro atoms. The maximum Gasteiger partial charge on any atom is 0.182 e. The highest BCUT2D eigenvalue weighted by molar-refractivity contribution is 7.92. The van der Waals surface area contributed by atoms with Crippen molar-refractivity contribution < 1.29 is 8.42 Å². The van der Waals surface area contributed by atoms with Gasteiger partial charge in [-0.25, -0.2) is 8.42 Å². The molecule has 1 aliphatic rings. The van der Waals surface area contributed by atoms with Gasteiger partial charge in [0.2, 0.25) is 0 Å². The number of fused-ring (bicyclic) bond motifs is 1. The lowest BCUT2D eigenvalue weighted by molar-refractivity contribution is 0.585. The zero-order chi connectivity index (χ0) is 12.6. The lowest BCUT2D eigenvalue weighted by Gasteiger charge is -2.09. The Bertz CT molecular complexity index is 660. The molecule has 0 saturated heterocycles. The van der Waals surface area contributed by atoms with Crippen molar-refractivity contribution in [1.29, 1.82) is 0 Å². The number of hydrogen-bond acceptors (Lipinski definition) is 2. The summed E-state index contributed by atoms with van der Waals surface area (Å²) in [6.45, 7) is 0. The fourth-order valence-corrected chi connectivity index (χ4v) is 4.50. The summed E-state index contributed by atoms with van der Waals surface area (Å²) in [5, 5.41) is -0.308. The number of hydrogen-bond donors (Lipinski definition) is 0. The summed E-state index contributed by atoms with van der Waals surface area (Å²) in [4.78, 5) is 0.519. The van der Waals surface area contributed by atoms with E-state index in [9.17, 15) is 8.42 Å². The molecule has 2 aromatic rings. The van der Waals surface area contributed by atoms with E-state index in [1.165, 1.54) is 0 Å². The predicted molar refractivity (Wildman–Crippen MR) is 71.3 cm³/mol. The Balaban J connectivity index is 1.94. The van der Waals surface area contributed by atoms with Gasteiger partial charge in [-0.1, -0.05) is 48.5 Å². The van der Waals surface area contributed by atoms with Crippen LogP contribution in [-0.2, 0) is 22.7 Å². The highest BCUT2D eigenvalue weighted by atomic mass is 32.2. The molecule has 1 atom stereocenters. The second-order valence-electron chi connectivity index (χ2n) is 4.67. The zero-order valence-corrected chi connectivity index (χ0v) is 10.7. The van der Waals surface area contributed by atoms with Crippen LogP contribution in [0.2, 0.25) is 0 Å². The first-order valence-electron chi connectivity index (χ1n) is 6.03. The molecule has 0 fully saturated rings. The second-order valence-corrected chi connectivity index (χ2v) is 6.87. The van der Waals surface area contributed by atoms with Crippen LogP contribution in [0.1, 0.15) is 11.1 Å². The van der Waals surface area contributed by atoms with Crippen molar-refractivity contribution in [3.05, 3.63) is 65.7 Å². The molecule has 2 nitrogen and oxygen atoms in total. The third-order valence-corrected chi connectivity index (χ3v) is 5.69. The minimum absolute atomic E-state index is 0.308. The SMILES string of the molecule is O=S1(=O)c2ccccc2CC1Cc1ccccc1. The van der Waals surface area contributed by atoms with E-state index >= 15 is 0 Å². The topological polar surface area (TPSA) is 34.1 Å². The maximum absolute atomic E-state index is 12.4. The lowest BCUT2D eigenvalue weighted by Crippen LogP contribution is -2.19. The predicted octanol–water partition coefficient (Wildman–Crippen LogP) is 2.63. The van der Waals surface area contributed by atoms with Crippen molar-refractivity contribution in [3.63, 3.8) is 0 Å². The first-order chi connectivity index (χ1) is 8.68. The average molecular weight is 258 g/mol. The van der Waals surface area contributed by atoms with Gasteiger partial charge in [0, 0.05) is 0 Å². The van der Waals surface area contributed by atoms with Crippen molar-refractivity contribution in [2.75, 3.05) is 0 Å². The average Bonchev–Trinajstić information content (AvgIpc) is 2.63. The Hall–Kier alpha value is -1.61. The second kappa shape index (κ2) is 4.25. The summed E-state index contributed by atoms with van der Waals surface area (Å²) in [7, 11) is -3.14. The van der Waals surface area contributed by atoms with Gasteiger partial charge in [-0.3, -0.25) is 0 Å². The molecule has 2 aromatic carbocycles. The van der Waals surface area contributed by atoms with E-state index in [0.29, 0.717) is 17.7 Å². The summed E-state index contributed by atoms with van der Waals surface area (Å²) in [6, 6.07) is 17.1. The van der Waals surface area contributed by atoms with Crippen LogP contribution in [0, 0.1) is 0 Å². The van der Waals surface area contributed by atoms with Gasteiger partial charge in [0.15, 0.2) is 9.84 Å². The van der Waals surface area contributed by atoms with Crippen molar-refractivity contribution in [2.24, 2.45) is 0 Å². The molecule has 0 bridgehead atoms. The van der Waals surface area contributed by atoms with Gasteiger partial charge in [-0.05, 0) is 30.0 Å². The van der Waals surface area contributed by atoms with Crippen LogP contribution in [0.25, 0.3) is 0 Å². The molecule has 92 valence electrons. The molecule has 0 radical (unpaired) electrons. The summed E-state index contributed by atoms with van der Waals surface area (Å²) in [5.41, 5.74) is 2.04. The molecule has 0 aliphatic carbocycles. The van der Waals surface area contributed by atoms with E-state index < -0.39 is 9.84 Å². The summed E-state index contributed by atoms with van der Waals surface area (Å²) in [5.74, 6) is 0. The first kappa shape index (κ1) is 11.5. The van der Waals surface area contributed by atoms with Gasteiger partial charge in [0.25, 0.3) is 0 Å². The highest BCUT2D eigenvalue weighted by Gasteiger charge is 2.36. The Labute approximate surface area is 107 Å². The van der Waals surface area contributed by atoms with E-state index in [2.05, 4.69) is 0 Å². The highest BCUT2D eigenvalue weighted by Crippen LogP contribution is 2.32. The van der Waals surface area contributed by atoms with Crippen LogP contribution < -0.4 is 0 Å². The minimum Gasteiger partial charge on any atom is -0.223 e. The summed E-state index contributed by atoms with van der Waals surface area (Å²) < 4.78 is 24.8. The largest absolute Gasteiger partial charge is 0.223 e. The van der Waals surface area contributed by atoms with Crippen molar-refractivity contribution in [3.8, 4) is 0 Å². The van der Waals surface area contributed by atoms with Crippen LogP contribution in [0.5, 0.6) is 0 Å². The van der Waals surface area contributed by atoms with Crippen molar-refractivity contribution >= 4 is 9.84 Å². The van der Waals surface area contributed by atoms with Crippen LogP contribution in [-0.4, -0.2) is 13.7 Å². The summed E-state index contributed by atoms with van der Waals surface area (Å²) >= 11 is 0. The molecule has 3 rings (SSSR count). The van der Waals surface area contributed by atoms with Gasteiger partial charge in [-0.2, -0.15) is 0 Å². The number of rotatable bonds is 2. The molecule has 1 aliphatic heterocycles. The Morgan fingerprint density at radius 2 is 1.61 bits per heavy atom. The van der Waals surface area contributed by atoms with Crippen LogP contribution in [0.3, 0.4) is 0 Å². The van der Waals surface area contributed by atoms with E-state index in [0.717, 1.165) is 11.1 Å². The van der Waals surface area contributed by atoms with Gasteiger partial charge in [0.1, 0.15) is 0 Å². The van der Waals surface area contributed by atoms with E-state index in [4.69, 9.17) is 0 Å². The fraction of sp³-hybridized carbons (Fsp3) is 0.200. The standard InChI is InChI=1S/C15H14O2S/c16-18(17)14(10-12-6-2-1-3-7-12)11-13-8-4-5-9-15(13)18/h1-9,14H,10-11H2. The molecule has 0 N–H and O–H groups in total. The summed E-state index contributed by atoms with van der Waals surface area (Å²) in [6.07, 6.45) is 1.23. The van der Waals surface area contributed by atoms with E-state index in [1.54, 1.807) is 12.1 Å². The van der Waals surface area contributed by atoms with Gasteiger partial charge in [0.05, 0.1) is 10.1 Å². The molecule has 0 amide bonds. The smallest absolute Gasteiger partial charge is 0.182 e. The molecule has 0 aromatic heterocycles. The molecule has 1 heterocycles. The van der Waals surface area contributed by atoms with Crippen LogP contribution in [0.4, 0.5) is 0 Å². The van der Waals surface area contributed by atoms with Crippen LogP contribution >= 0.6 is 0 Å². The Morgan fingerprint density at radius 3 is 2.33 bits per heavy atom. The fourth-order valence-electron chi connectivity index (χ4n) is 2.54. The normalized spacial score (nSPS) is 20.6. The first-order valence-corrected chi connectivity index (χ1v) is 7.58. The molecular formula is C15H14O2S.